The summed E-state index contributed by atoms with van der Waals surface area (Å²) >= 11 is 1.79. The first-order chi connectivity index (χ1) is 27.1. The lowest BCUT2D eigenvalue weighted by Gasteiger charge is -2.17. The van der Waals surface area contributed by atoms with Crippen LogP contribution in [0.15, 0.2) is 205 Å². The Balaban J connectivity index is 0.000000240. The van der Waals surface area contributed by atoms with E-state index in [1.165, 1.54) is 82.0 Å². The molecule has 0 aliphatic heterocycles. The van der Waals surface area contributed by atoms with Gasteiger partial charge >= 0.3 is 0 Å². The number of hydrogen-bond donors (Lipinski definition) is 1. The Bertz CT molecular complexity index is 2650. The van der Waals surface area contributed by atoms with Gasteiger partial charge in [-0.05, 0) is 88.0 Å². The molecule has 3 heteroatoms. The smallest absolute Gasteiger partial charge is 0.0632 e. The molecule has 0 saturated carbocycles. The highest BCUT2D eigenvalue weighted by molar-refractivity contribution is 7.25. The van der Waals surface area contributed by atoms with Crippen LogP contribution in [0.5, 0.6) is 0 Å². The summed E-state index contributed by atoms with van der Waals surface area (Å²) in [5, 5.41) is 10.4. The Hall–Kier alpha value is -6.68. The van der Waals surface area contributed by atoms with Gasteiger partial charge in [0.15, 0.2) is 0 Å². The molecule has 1 aromatic heterocycles. The molecule has 9 rings (SSSR count). The summed E-state index contributed by atoms with van der Waals surface area (Å²) < 4.78 is 2.46. The van der Waals surface area contributed by atoms with Gasteiger partial charge in [-0.2, -0.15) is 0 Å². The van der Waals surface area contributed by atoms with Crippen LogP contribution in [0.1, 0.15) is 16.7 Å². The van der Waals surface area contributed by atoms with Crippen molar-refractivity contribution in [2.75, 3.05) is 0 Å². The maximum atomic E-state index is 8.00. The number of hydrogen-bond acceptors (Lipinski definition) is 3. The first kappa shape index (κ1) is 36.7. The molecule has 0 unspecified atom stereocenters. The second-order valence-corrected chi connectivity index (χ2v) is 14.3. The van der Waals surface area contributed by atoms with Gasteiger partial charge in [-0.3, -0.25) is 4.99 Å². The van der Waals surface area contributed by atoms with E-state index in [9.17, 15) is 0 Å². The van der Waals surface area contributed by atoms with Crippen molar-refractivity contribution < 1.29 is 0 Å². The molecule has 1 heterocycles. The second-order valence-electron chi connectivity index (χ2n) is 13.2. The molecule has 266 valence electrons. The monoisotopic (exact) mass is 726 g/mol. The van der Waals surface area contributed by atoms with Crippen LogP contribution >= 0.6 is 11.3 Å². The van der Waals surface area contributed by atoms with E-state index in [1.54, 1.807) is 11.3 Å². The van der Waals surface area contributed by atoms with E-state index in [-0.39, 0.29) is 0 Å². The Kier molecular flexibility index (Phi) is 11.9. The Labute approximate surface area is 328 Å². The predicted octanol–water partition coefficient (Wildman–Crippen LogP) is 14.6. The summed E-state index contributed by atoms with van der Waals surface area (Å²) in [7, 11) is 0. The first-order valence-electron chi connectivity index (χ1n) is 18.4. The van der Waals surface area contributed by atoms with Gasteiger partial charge in [0.25, 0.3) is 0 Å². The van der Waals surface area contributed by atoms with Gasteiger partial charge in [0.1, 0.15) is 0 Å². The molecule has 2 nitrogen and oxygen atoms in total. The number of aryl methyl sites for hydroxylation is 1. The van der Waals surface area contributed by atoms with Crippen LogP contribution in [0.25, 0.3) is 64.7 Å². The standard InChI is InChI=1S/C37H25NS.C8H9N.C7H8/c38-24-30-16-8-19-35-37(30)33-23-28(20-21-34(33)39-35)32-18-9-17-31(26-12-5-2-6-13-26)36(32)29-15-7-14-27(22-29)25-10-3-1-4-11-25;1-9-7-8-5-3-2-4-6-8;1-7-5-3-2-4-6-7/h1-24,38H;2-6H,1,7H2;2-6H,1H3. The number of thiophene rings is 1. The Morgan fingerprint density at radius 3 is 1.71 bits per heavy atom. The minimum Gasteiger partial charge on any atom is -0.308 e. The molecule has 55 heavy (non-hydrogen) atoms. The second kappa shape index (κ2) is 17.9. The highest BCUT2D eigenvalue weighted by atomic mass is 32.1. The highest BCUT2D eigenvalue weighted by Gasteiger charge is 2.17. The van der Waals surface area contributed by atoms with Crippen molar-refractivity contribution in [1.29, 1.82) is 5.41 Å². The molecule has 0 radical (unpaired) electrons. The number of rotatable bonds is 7. The molecule has 9 aromatic rings. The van der Waals surface area contributed by atoms with Crippen molar-refractivity contribution in [1.82, 2.24) is 0 Å². The largest absolute Gasteiger partial charge is 0.308 e. The van der Waals surface area contributed by atoms with Crippen LogP contribution in [0.2, 0.25) is 0 Å². The normalized spacial score (nSPS) is 10.5. The van der Waals surface area contributed by atoms with Crippen LogP contribution in [0, 0.1) is 12.3 Å². The molecule has 0 aliphatic rings. The maximum Gasteiger partial charge on any atom is 0.0632 e. The van der Waals surface area contributed by atoms with Gasteiger partial charge < -0.3 is 5.41 Å². The minimum atomic E-state index is 0.723. The van der Waals surface area contributed by atoms with E-state index < -0.39 is 0 Å². The fourth-order valence-corrected chi connectivity index (χ4v) is 7.96. The van der Waals surface area contributed by atoms with E-state index in [1.807, 2.05) is 60.7 Å². The lowest BCUT2D eigenvalue weighted by Crippen LogP contribution is -1.91. The summed E-state index contributed by atoms with van der Waals surface area (Å²) in [4.78, 5) is 3.76. The van der Waals surface area contributed by atoms with E-state index in [2.05, 4.69) is 158 Å². The van der Waals surface area contributed by atoms with E-state index >= 15 is 0 Å². The SMILES string of the molecule is C=NCc1ccccc1.Cc1ccccc1.N=Cc1cccc2sc3ccc(-c4cccc(-c5ccccc5)c4-c4cccc(-c5ccccc5)c4)cc3c12. The number of nitrogens with zero attached hydrogens (tertiary/aromatic N) is 1. The van der Waals surface area contributed by atoms with Crippen molar-refractivity contribution in [2.24, 2.45) is 4.99 Å². The third kappa shape index (κ3) is 8.76. The third-order valence-corrected chi connectivity index (χ3v) is 10.6. The molecule has 8 aromatic carbocycles. The molecule has 1 N–H and O–H groups in total. The summed E-state index contributed by atoms with van der Waals surface area (Å²) in [6.07, 6.45) is 1.47. The highest BCUT2D eigenvalue weighted by Crippen LogP contribution is 2.43. The van der Waals surface area contributed by atoms with Crippen LogP contribution in [0.3, 0.4) is 0 Å². The lowest BCUT2D eigenvalue weighted by molar-refractivity contribution is 1.08. The fraction of sp³-hybridized carbons (Fsp3) is 0.0385. The zero-order valence-electron chi connectivity index (χ0n) is 30.9. The van der Waals surface area contributed by atoms with Crippen LogP contribution in [0.4, 0.5) is 0 Å². The van der Waals surface area contributed by atoms with Crippen molar-refractivity contribution in [3.63, 3.8) is 0 Å². The van der Waals surface area contributed by atoms with Gasteiger partial charge in [0.2, 0.25) is 0 Å². The van der Waals surface area contributed by atoms with Crippen molar-refractivity contribution >= 4 is 44.4 Å². The first-order valence-corrected chi connectivity index (χ1v) is 19.2. The molecule has 0 aliphatic carbocycles. The van der Waals surface area contributed by atoms with Crippen LogP contribution in [-0.4, -0.2) is 12.9 Å². The van der Waals surface area contributed by atoms with Crippen LogP contribution < -0.4 is 0 Å². The third-order valence-electron chi connectivity index (χ3n) is 9.48. The van der Waals surface area contributed by atoms with Gasteiger partial charge in [-0.1, -0.05) is 181 Å². The topological polar surface area (TPSA) is 36.2 Å². The van der Waals surface area contributed by atoms with Gasteiger partial charge in [-0.15, -0.1) is 11.3 Å². The average molecular weight is 727 g/mol. The molecule has 0 amide bonds. The number of nitrogens with one attached hydrogen (secondary N) is 1. The van der Waals surface area contributed by atoms with Crippen molar-refractivity contribution in [3.8, 4) is 44.5 Å². The quantitative estimate of drug-likeness (QED) is 0.159. The van der Waals surface area contributed by atoms with Crippen LogP contribution in [-0.2, 0) is 6.54 Å². The Morgan fingerprint density at radius 1 is 0.509 bits per heavy atom. The Morgan fingerprint density at radius 2 is 1.07 bits per heavy atom. The zero-order chi connectivity index (χ0) is 37.8. The number of fused-ring (bicyclic) bond motifs is 3. The summed E-state index contributed by atoms with van der Waals surface area (Å²) in [5.74, 6) is 0. The maximum absolute atomic E-state index is 8.00. The van der Waals surface area contributed by atoms with E-state index in [0.29, 0.717) is 0 Å². The van der Waals surface area contributed by atoms with Crippen molar-refractivity contribution in [3.05, 3.63) is 217 Å². The fourth-order valence-electron chi connectivity index (χ4n) is 6.84. The van der Waals surface area contributed by atoms with Gasteiger partial charge in [-0.25, -0.2) is 0 Å². The molecular formula is C52H42N2S. The summed E-state index contributed by atoms with van der Waals surface area (Å²) in [6.45, 7) is 6.21. The molecule has 0 fully saturated rings. The van der Waals surface area contributed by atoms with E-state index in [0.717, 1.165) is 12.1 Å². The molecule has 0 spiro atoms. The minimum absolute atomic E-state index is 0.723. The summed E-state index contributed by atoms with van der Waals surface area (Å²) in [6, 6.07) is 70.1. The number of benzene rings is 8. The molecule has 0 saturated heterocycles. The van der Waals surface area contributed by atoms with Gasteiger partial charge in [0, 0.05) is 32.0 Å². The van der Waals surface area contributed by atoms with E-state index in [4.69, 9.17) is 5.41 Å². The molecule has 0 bridgehead atoms. The molecular weight excluding hydrogens is 685 g/mol. The summed E-state index contributed by atoms with van der Waals surface area (Å²) in [5.41, 5.74) is 13.1. The van der Waals surface area contributed by atoms with Crippen molar-refractivity contribution in [2.45, 2.75) is 13.5 Å². The molecule has 0 atom stereocenters. The van der Waals surface area contributed by atoms with Gasteiger partial charge in [0.05, 0.1) is 6.54 Å². The predicted molar refractivity (Wildman–Crippen MR) is 240 cm³/mol. The average Bonchev–Trinajstić information content (AvgIpc) is 3.64. The lowest BCUT2D eigenvalue weighted by atomic mass is 9.86. The zero-order valence-corrected chi connectivity index (χ0v) is 31.7. The number of aliphatic imine (C=N–C) groups is 1.